The SMILES string of the molecule is O=C(O)c1ccc(OC(F)(C(F)(F)F)C(F)(C(F)(C(F)(F)F)C(F)(F)F)C(F)(C(F)(F)F)C(F)(F)F)cc1. The Morgan fingerprint density at radius 2 is 0.789 bits per heavy atom. The zero-order chi connectivity index (χ0) is 30.8. The molecule has 0 aliphatic rings. The van der Waals surface area contributed by atoms with E-state index in [0.29, 0.717) is 0 Å². The van der Waals surface area contributed by atoms with Crippen LogP contribution in [0.1, 0.15) is 10.4 Å². The van der Waals surface area contributed by atoms with Gasteiger partial charge in [-0.3, -0.25) is 0 Å². The summed E-state index contributed by atoms with van der Waals surface area (Å²) in [6, 6.07) is -1.07. The molecule has 1 aromatic rings. The molecule has 38 heavy (non-hydrogen) atoms. The molecule has 0 aliphatic heterocycles. The molecule has 0 amide bonds. The van der Waals surface area contributed by atoms with Crippen LogP contribution < -0.4 is 4.74 Å². The van der Waals surface area contributed by atoms with E-state index < -0.39 is 83.2 Å². The highest BCUT2D eigenvalue weighted by atomic mass is 19.4. The standard InChI is InChI=1S/C16H5F19O3/c17-8(9(18,12(21,22)23)13(24,25)26,10(19,14(27,28)29)15(30,31)32)11(20,16(33,34)35)38-6-3-1-5(2-4-6)7(36)37/h1-4H,(H,36,37). The van der Waals surface area contributed by atoms with Gasteiger partial charge < -0.3 is 9.84 Å². The second kappa shape index (κ2) is 8.85. The predicted molar refractivity (Wildman–Crippen MR) is 79.7 cm³/mol. The van der Waals surface area contributed by atoms with Crippen LogP contribution in [0.15, 0.2) is 24.3 Å². The highest BCUT2D eigenvalue weighted by Gasteiger charge is 3.04. The van der Waals surface area contributed by atoms with Crippen LogP contribution in [0.3, 0.4) is 0 Å². The van der Waals surface area contributed by atoms with Gasteiger partial charge in [-0.05, 0) is 24.3 Å². The Bertz CT molecular complexity index is 947. The molecule has 0 fully saturated rings. The summed E-state index contributed by atoms with van der Waals surface area (Å²) in [6.45, 7) is 0. The molecule has 0 aromatic heterocycles. The van der Waals surface area contributed by atoms with Crippen molar-refractivity contribution in [3.8, 4) is 5.75 Å². The maximum absolute atomic E-state index is 15.4. The third-order valence-electron chi connectivity index (χ3n) is 4.68. The molecule has 1 aromatic carbocycles. The monoisotopic (exact) mass is 606 g/mol. The van der Waals surface area contributed by atoms with E-state index in [1.807, 2.05) is 0 Å². The molecular weight excluding hydrogens is 601 g/mol. The summed E-state index contributed by atoms with van der Waals surface area (Å²) in [5, 5.41) is 8.58. The van der Waals surface area contributed by atoms with Crippen LogP contribution in [-0.2, 0) is 0 Å². The van der Waals surface area contributed by atoms with Gasteiger partial charge in [-0.2, -0.15) is 70.2 Å². The topological polar surface area (TPSA) is 46.5 Å². The Morgan fingerprint density at radius 1 is 0.500 bits per heavy atom. The molecule has 220 valence electrons. The molecule has 0 saturated heterocycles. The predicted octanol–water partition coefficient (Wildman–Crippen LogP) is 7.37. The van der Waals surface area contributed by atoms with Gasteiger partial charge in [0.25, 0.3) is 5.67 Å². The molecule has 0 heterocycles. The van der Waals surface area contributed by atoms with Crippen molar-refractivity contribution in [2.24, 2.45) is 0 Å². The molecule has 1 atom stereocenters. The van der Waals surface area contributed by atoms with Gasteiger partial charge in [0.2, 0.25) is 0 Å². The highest BCUT2D eigenvalue weighted by Crippen LogP contribution is 2.70. The molecular formula is C16H5F19O3. The van der Waals surface area contributed by atoms with E-state index in [2.05, 4.69) is 4.74 Å². The molecule has 1 unspecified atom stereocenters. The van der Waals surface area contributed by atoms with Gasteiger partial charge in [-0.1, -0.05) is 0 Å². The lowest BCUT2D eigenvalue weighted by Crippen LogP contribution is -2.88. The Morgan fingerprint density at radius 3 is 1.00 bits per heavy atom. The largest absolute Gasteiger partial charge is 0.478 e. The van der Waals surface area contributed by atoms with Gasteiger partial charge in [-0.15, -0.1) is 0 Å². The number of carboxylic acid groups (broad SMARTS) is 1. The Balaban J connectivity index is 4.52. The van der Waals surface area contributed by atoms with E-state index in [4.69, 9.17) is 5.11 Å². The highest BCUT2D eigenvalue weighted by molar-refractivity contribution is 5.87. The van der Waals surface area contributed by atoms with Crippen LogP contribution in [0.25, 0.3) is 0 Å². The second-order valence-corrected chi connectivity index (χ2v) is 6.99. The second-order valence-electron chi connectivity index (χ2n) is 6.99. The fraction of sp³-hybridized carbons (Fsp3) is 0.562. The van der Waals surface area contributed by atoms with Gasteiger partial charge in [0, 0.05) is 0 Å². The first-order valence-electron chi connectivity index (χ1n) is 8.50. The van der Waals surface area contributed by atoms with Crippen molar-refractivity contribution in [2.45, 2.75) is 53.7 Å². The number of rotatable bonds is 6. The van der Waals surface area contributed by atoms with Crippen molar-refractivity contribution in [1.29, 1.82) is 0 Å². The average Bonchev–Trinajstić information content (AvgIpc) is 2.67. The molecule has 1 N–H and O–H groups in total. The first-order valence-corrected chi connectivity index (χ1v) is 8.50. The number of hydrogen-bond donors (Lipinski definition) is 1. The minimum absolute atomic E-state index is 0.0825. The third-order valence-corrected chi connectivity index (χ3v) is 4.68. The molecule has 0 bridgehead atoms. The van der Waals surface area contributed by atoms with Gasteiger partial charge in [-0.25, -0.2) is 18.0 Å². The minimum atomic E-state index is -9.54. The Labute approximate surface area is 194 Å². The fourth-order valence-corrected chi connectivity index (χ4v) is 2.93. The lowest BCUT2D eigenvalue weighted by molar-refractivity contribution is -0.496. The average molecular weight is 606 g/mol. The van der Waals surface area contributed by atoms with Crippen LogP contribution in [0.5, 0.6) is 5.75 Å². The van der Waals surface area contributed by atoms with E-state index in [1.54, 1.807) is 0 Å². The summed E-state index contributed by atoms with van der Waals surface area (Å²) in [5.74, 6) is -12.9. The summed E-state index contributed by atoms with van der Waals surface area (Å²) in [5.41, 5.74) is -29.3. The molecule has 1 rings (SSSR count). The lowest BCUT2D eigenvalue weighted by Gasteiger charge is -2.52. The van der Waals surface area contributed by atoms with Gasteiger partial charge in [0.1, 0.15) is 5.75 Å². The summed E-state index contributed by atoms with van der Waals surface area (Å²) in [4.78, 5) is 10.7. The van der Waals surface area contributed by atoms with Crippen LogP contribution in [0.2, 0.25) is 0 Å². The number of aromatic carboxylic acids is 1. The number of alkyl halides is 19. The van der Waals surface area contributed by atoms with E-state index in [9.17, 15) is 79.4 Å². The summed E-state index contributed by atoms with van der Waals surface area (Å²) in [6.07, 6.45) is -43.2. The van der Waals surface area contributed by atoms with Crippen molar-refractivity contribution in [3.63, 3.8) is 0 Å². The van der Waals surface area contributed by atoms with Gasteiger partial charge in [0.15, 0.2) is 0 Å². The lowest BCUT2D eigenvalue weighted by atomic mass is 9.67. The van der Waals surface area contributed by atoms with Crippen molar-refractivity contribution in [1.82, 2.24) is 0 Å². The van der Waals surface area contributed by atoms with Crippen molar-refractivity contribution < 1.29 is 98.1 Å². The van der Waals surface area contributed by atoms with Crippen LogP contribution in [0, 0.1) is 0 Å². The molecule has 0 saturated carbocycles. The first kappa shape index (κ1) is 33.2. The Kier molecular flexibility index (Phi) is 7.73. The third kappa shape index (κ3) is 4.41. The zero-order valence-electron chi connectivity index (χ0n) is 16.8. The summed E-state index contributed by atoms with van der Waals surface area (Å²) in [7, 11) is 0. The Hall–Kier alpha value is -2.84. The van der Waals surface area contributed by atoms with Crippen molar-refractivity contribution >= 4 is 5.97 Å². The number of halogens is 19. The maximum Gasteiger partial charge on any atom is 0.464 e. The molecule has 0 aliphatic carbocycles. The van der Waals surface area contributed by atoms with Crippen molar-refractivity contribution in [2.75, 3.05) is 0 Å². The van der Waals surface area contributed by atoms with Crippen molar-refractivity contribution in [3.05, 3.63) is 29.8 Å². The number of hydrogen-bond acceptors (Lipinski definition) is 2. The molecule has 0 spiro atoms. The minimum Gasteiger partial charge on any atom is -0.478 e. The number of ether oxygens (including phenoxy) is 1. The van der Waals surface area contributed by atoms with Crippen LogP contribution >= 0.6 is 0 Å². The maximum atomic E-state index is 15.4. The quantitative estimate of drug-likeness (QED) is 0.345. The number of benzene rings is 1. The van der Waals surface area contributed by atoms with E-state index >= 15 is 8.78 Å². The van der Waals surface area contributed by atoms with Crippen LogP contribution in [-0.4, -0.2) is 64.8 Å². The summed E-state index contributed by atoms with van der Waals surface area (Å²) < 4.78 is 260. The van der Waals surface area contributed by atoms with E-state index in [-0.39, 0.29) is 12.1 Å². The number of carbonyl (C=O) groups is 1. The van der Waals surface area contributed by atoms with Gasteiger partial charge in [0.05, 0.1) is 5.56 Å². The van der Waals surface area contributed by atoms with Crippen LogP contribution in [0.4, 0.5) is 83.4 Å². The number of carboxylic acids is 1. The van der Waals surface area contributed by atoms with E-state index in [1.165, 1.54) is 0 Å². The summed E-state index contributed by atoms with van der Waals surface area (Å²) >= 11 is 0. The van der Waals surface area contributed by atoms with Gasteiger partial charge >= 0.3 is 54.0 Å². The molecule has 22 heteroatoms. The molecule has 0 radical (unpaired) electrons. The smallest absolute Gasteiger partial charge is 0.464 e. The first-order chi connectivity index (χ1) is 16.4. The fourth-order valence-electron chi connectivity index (χ4n) is 2.93. The zero-order valence-corrected chi connectivity index (χ0v) is 16.8. The normalized spacial score (nSPS) is 16.7. The van der Waals surface area contributed by atoms with E-state index in [0.717, 1.165) is 0 Å². The molecule has 3 nitrogen and oxygen atoms in total.